The summed E-state index contributed by atoms with van der Waals surface area (Å²) in [5, 5.41) is 17.6. The van der Waals surface area contributed by atoms with Gasteiger partial charge in [-0.15, -0.1) is 0 Å². The number of sulfonamides is 1. The first-order valence-electron chi connectivity index (χ1n) is 6.02. The van der Waals surface area contributed by atoms with Gasteiger partial charge in [0.05, 0.1) is 11.3 Å². The average Bonchev–Trinajstić information content (AvgIpc) is 2.71. The Morgan fingerprint density at radius 1 is 1.48 bits per heavy atom. The lowest BCUT2D eigenvalue weighted by molar-refractivity contribution is -0.146. The molecular formula is C12H14N2O6S. The van der Waals surface area contributed by atoms with Crippen LogP contribution >= 0.6 is 0 Å². The average molecular weight is 314 g/mol. The zero-order chi connectivity index (χ0) is 15.8. The second-order valence-electron chi connectivity index (χ2n) is 4.63. The number of fused-ring (bicyclic) bond motifs is 1. The quantitative estimate of drug-likeness (QED) is 0.636. The van der Waals surface area contributed by atoms with Crippen molar-refractivity contribution in [1.82, 2.24) is 4.72 Å². The lowest BCUT2D eigenvalue weighted by atomic mass is 10.2. The molecule has 0 aromatic heterocycles. The highest BCUT2D eigenvalue weighted by molar-refractivity contribution is 7.89. The number of nitrogens with zero attached hydrogens (tertiary/aromatic N) is 1. The monoisotopic (exact) mass is 314 g/mol. The van der Waals surface area contributed by atoms with E-state index in [0.717, 1.165) is 0 Å². The molecule has 0 saturated carbocycles. The first-order valence-corrected chi connectivity index (χ1v) is 7.50. The van der Waals surface area contributed by atoms with Gasteiger partial charge in [0.1, 0.15) is 0 Å². The molecule has 1 unspecified atom stereocenters. The molecule has 1 aliphatic rings. The molecule has 0 aliphatic carbocycles. The molecule has 114 valence electrons. The zero-order valence-electron chi connectivity index (χ0n) is 11.1. The van der Waals surface area contributed by atoms with Gasteiger partial charge in [0.25, 0.3) is 0 Å². The van der Waals surface area contributed by atoms with Crippen LogP contribution in [0.15, 0.2) is 23.1 Å². The standard InChI is InChI=1S/C12H14N2O6S/c1-14-9-3-2-8(4-7(9)5-11(14)16)21(19,20)13-6-10(15)12(17)18/h2-4,10,13,15H,5-6H2,1H3,(H,17,18). The van der Waals surface area contributed by atoms with Crippen LogP contribution in [-0.2, 0) is 26.0 Å². The summed E-state index contributed by atoms with van der Waals surface area (Å²) in [6.45, 7) is -0.631. The Kier molecular flexibility index (Phi) is 3.99. The molecule has 21 heavy (non-hydrogen) atoms. The minimum absolute atomic E-state index is 0.0815. The van der Waals surface area contributed by atoms with Gasteiger partial charge in [-0.1, -0.05) is 0 Å². The number of hydrogen-bond donors (Lipinski definition) is 3. The molecule has 0 fully saturated rings. The Labute approximate surface area is 121 Å². The number of hydrogen-bond acceptors (Lipinski definition) is 5. The molecule has 1 heterocycles. The number of aliphatic hydroxyl groups is 1. The number of aliphatic carboxylic acids is 1. The smallest absolute Gasteiger partial charge is 0.333 e. The van der Waals surface area contributed by atoms with Crippen molar-refractivity contribution in [2.45, 2.75) is 17.4 Å². The maximum atomic E-state index is 12.0. The van der Waals surface area contributed by atoms with Crippen molar-refractivity contribution < 1.29 is 28.2 Å². The molecule has 1 aliphatic heterocycles. The van der Waals surface area contributed by atoms with Crippen molar-refractivity contribution in [3.05, 3.63) is 23.8 Å². The second kappa shape index (κ2) is 5.43. The van der Waals surface area contributed by atoms with Gasteiger partial charge in [-0.2, -0.15) is 0 Å². The summed E-state index contributed by atoms with van der Waals surface area (Å²) in [5.41, 5.74) is 1.23. The molecule has 2 rings (SSSR count). The number of carbonyl (C=O) groups excluding carboxylic acids is 1. The molecule has 0 radical (unpaired) electrons. The van der Waals surface area contributed by atoms with Crippen molar-refractivity contribution in [1.29, 1.82) is 0 Å². The van der Waals surface area contributed by atoms with E-state index in [2.05, 4.69) is 0 Å². The van der Waals surface area contributed by atoms with Crippen LogP contribution in [-0.4, -0.2) is 50.2 Å². The SMILES string of the molecule is CN1C(=O)Cc2cc(S(=O)(=O)NCC(O)C(=O)O)ccc21. The summed E-state index contributed by atoms with van der Waals surface area (Å²) in [6, 6.07) is 4.21. The molecule has 1 atom stereocenters. The number of carbonyl (C=O) groups is 2. The number of carboxylic acids is 1. The van der Waals surface area contributed by atoms with Gasteiger partial charge in [0.2, 0.25) is 15.9 Å². The van der Waals surface area contributed by atoms with Crippen molar-refractivity contribution >= 4 is 27.6 Å². The lowest BCUT2D eigenvalue weighted by Crippen LogP contribution is -2.36. The number of anilines is 1. The van der Waals surface area contributed by atoms with Gasteiger partial charge in [-0.05, 0) is 23.8 Å². The van der Waals surface area contributed by atoms with Crippen LogP contribution in [0.2, 0.25) is 0 Å². The third kappa shape index (κ3) is 3.04. The van der Waals surface area contributed by atoms with Crippen molar-refractivity contribution in [3.8, 4) is 0 Å². The topological polar surface area (TPSA) is 124 Å². The molecule has 0 bridgehead atoms. The third-order valence-electron chi connectivity index (χ3n) is 3.19. The fourth-order valence-corrected chi connectivity index (χ4v) is 3.06. The molecule has 9 heteroatoms. The van der Waals surface area contributed by atoms with Crippen molar-refractivity contribution in [3.63, 3.8) is 0 Å². The second-order valence-corrected chi connectivity index (χ2v) is 6.39. The van der Waals surface area contributed by atoms with Crippen LogP contribution in [0.25, 0.3) is 0 Å². The third-order valence-corrected chi connectivity index (χ3v) is 4.61. The Bertz CT molecular complexity index is 700. The fourth-order valence-electron chi connectivity index (χ4n) is 1.97. The summed E-state index contributed by atoms with van der Waals surface area (Å²) in [5.74, 6) is -1.65. The predicted molar refractivity (Wildman–Crippen MR) is 72.4 cm³/mol. The van der Waals surface area contributed by atoms with E-state index in [1.54, 1.807) is 7.05 Å². The summed E-state index contributed by atoms with van der Waals surface area (Å²) in [6.07, 6.45) is -1.70. The van der Waals surface area contributed by atoms with Gasteiger partial charge in [0.15, 0.2) is 6.10 Å². The van der Waals surface area contributed by atoms with Gasteiger partial charge in [-0.25, -0.2) is 17.9 Å². The molecule has 3 N–H and O–H groups in total. The summed E-state index contributed by atoms with van der Waals surface area (Å²) in [7, 11) is -2.35. The number of benzene rings is 1. The molecular weight excluding hydrogens is 300 g/mol. The Hall–Kier alpha value is -1.97. The van der Waals surface area contributed by atoms with Crippen LogP contribution in [0.3, 0.4) is 0 Å². The highest BCUT2D eigenvalue weighted by atomic mass is 32.2. The van der Waals surface area contributed by atoms with E-state index in [0.29, 0.717) is 11.3 Å². The largest absolute Gasteiger partial charge is 0.479 e. The highest BCUT2D eigenvalue weighted by Crippen LogP contribution is 2.29. The normalized spacial score (nSPS) is 15.9. The van der Waals surface area contributed by atoms with E-state index in [-0.39, 0.29) is 17.2 Å². The minimum atomic E-state index is -3.95. The number of likely N-dealkylation sites (N-methyl/N-ethyl adjacent to an activating group) is 1. The van der Waals surface area contributed by atoms with Crippen LogP contribution in [0.1, 0.15) is 5.56 Å². The fraction of sp³-hybridized carbons (Fsp3) is 0.333. The maximum Gasteiger partial charge on any atom is 0.333 e. The number of aliphatic hydroxyl groups excluding tert-OH is 1. The number of nitrogens with one attached hydrogen (secondary N) is 1. The lowest BCUT2D eigenvalue weighted by Gasteiger charge is -2.12. The minimum Gasteiger partial charge on any atom is -0.479 e. The van der Waals surface area contributed by atoms with Crippen LogP contribution in [0, 0.1) is 0 Å². The van der Waals surface area contributed by atoms with Gasteiger partial charge < -0.3 is 15.1 Å². The highest BCUT2D eigenvalue weighted by Gasteiger charge is 2.26. The van der Waals surface area contributed by atoms with Crippen molar-refractivity contribution in [2.24, 2.45) is 0 Å². The Morgan fingerprint density at radius 3 is 2.76 bits per heavy atom. The first kappa shape index (κ1) is 15.4. The molecule has 0 saturated heterocycles. The number of amides is 1. The number of rotatable bonds is 5. The van der Waals surface area contributed by atoms with Gasteiger partial charge in [0, 0.05) is 19.3 Å². The van der Waals surface area contributed by atoms with Gasteiger partial charge in [-0.3, -0.25) is 4.79 Å². The maximum absolute atomic E-state index is 12.0. The zero-order valence-corrected chi connectivity index (χ0v) is 11.9. The van der Waals surface area contributed by atoms with Crippen LogP contribution < -0.4 is 9.62 Å². The molecule has 1 amide bonds. The molecule has 0 spiro atoms. The first-order chi connectivity index (χ1) is 9.72. The predicted octanol–water partition coefficient (Wildman–Crippen LogP) is -1.07. The van der Waals surface area contributed by atoms with E-state index in [1.807, 2.05) is 4.72 Å². The molecule has 1 aromatic rings. The Balaban J connectivity index is 2.21. The van der Waals surface area contributed by atoms with Crippen LogP contribution in [0.5, 0.6) is 0 Å². The summed E-state index contributed by atoms with van der Waals surface area (Å²) >= 11 is 0. The summed E-state index contributed by atoms with van der Waals surface area (Å²) < 4.78 is 26.0. The summed E-state index contributed by atoms with van der Waals surface area (Å²) in [4.78, 5) is 23.4. The Morgan fingerprint density at radius 2 is 2.14 bits per heavy atom. The molecule has 8 nitrogen and oxygen atoms in total. The van der Waals surface area contributed by atoms with E-state index >= 15 is 0 Å². The van der Waals surface area contributed by atoms with Crippen molar-refractivity contribution in [2.75, 3.05) is 18.5 Å². The van der Waals surface area contributed by atoms with E-state index in [4.69, 9.17) is 10.2 Å². The van der Waals surface area contributed by atoms with E-state index in [1.165, 1.54) is 23.1 Å². The van der Waals surface area contributed by atoms with E-state index < -0.39 is 28.6 Å². The number of carboxylic acid groups (broad SMARTS) is 1. The van der Waals surface area contributed by atoms with Gasteiger partial charge >= 0.3 is 5.97 Å². The van der Waals surface area contributed by atoms with Crippen LogP contribution in [0.4, 0.5) is 5.69 Å². The van der Waals surface area contributed by atoms with E-state index in [9.17, 15) is 18.0 Å². The molecule has 1 aromatic carbocycles.